The van der Waals surface area contributed by atoms with E-state index in [1.54, 1.807) is 55.5 Å². The first kappa shape index (κ1) is 33.1. The van der Waals surface area contributed by atoms with Gasteiger partial charge in [-0.05, 0) is 79.9 Å². The molecule has 4 aromatic carbocycles. The second kappa shape index (κ2) is 14.8. The number of carbonyl (C=O) groups is 2. The number of carbonyl (C=O) groups excluding carboxylic acids is 2. The number of benzene rings is 4. The lowest BCUT2D eigenvalue weighted by atomic mass is 10.0. The summed E-state index contributed by atoms with van der Waals surface area (Å²) in [5.74, 6) is -0.880. The van der Waals surface area contributed by atoms with E-state index in [1.807, 2.05) is 44.2 Å². The van der Waals surface area contributed by atoms with Gasteiger partial charge in [0.15, 0.2) is 0 Å². The maximum atomic E-state index is 14.5. The third-order valence-electron chi connectivity index (χ3n) is 7.03. The van der Waals surface area contributed by atoms with Crippen LogP contribution < -0.4 is 9.62 Å². The Hall–Kier alpha value is -3.85. The number of hydrogen-bond donors (Lipinski definition) is 1. The lowest BCUT2D eigenvalue weighted by Gasteiger charge is -2.34. The molecule has 1 N–H and O–H groups in total. The molecule has 44 heavy (non-hydrogen) atoms. The second-order valence-corrected chi connectivity index (χ2v) is 13.5. The highest BCUT2D eigenvalue weighted by atomic mass is 35.5. The molecule has 0 bridgehead atoms. The minimum atomic E-state index is -4.22. The zero-order chi connectivity index (χ0) is 31.9. The number of para-hydroxylation sites is 1. The molecule has 0 aromatic heterocycles. The lowest BCUT2D eigenvalue weighted by molar-refractivity contribution is -0.140. The molecule has 0 saturated carbocycles. The van der Waals surface area contributed by atoms with Crippen LogP contribution in [0.2, 0.25) is 10.0 Å². The minimum Gasteiger partial charge on any atom is -0.352 e. The Morgan fingerprint density at radius 1 is 0.773 bits per heavy atom. The number of nitrogens with zero attached hydrogens (tertiary/aromatic N) is 2. The zero-order valence-corrected chi connectivity index (χ0v) is 27.1. The lowest BCUT2D eigenvalue weighted by Crippen LogP contribution is -2.54. The third kappa shape index (κ3) is 8.40. The predicted octanol–water partition coefficient (Wildman–Crippen LogP) is 6.66. The van der Waals surface area contributed by atoms with Gasteiger partial charge in [-0.25, -0.2) is 8.42 Å². The van der Waals surface area contributed by atoms with E-state index >= 15 is 0 Å². The Labute approximate surface area is 269 Å². The van der Waals surface area contributed by atoms with Crippen LogP contribution in [0.25, 0.3) is 0 Å². The maximum absolute atomic E-state index is 14.5. The standard InChI is InChI=1S/C34H35Cl2N3O4S/c1-24(2)37-34(41)32(21-26-10-5-4-6-11-26)38(22-27-13-15-28(35)16-14-27)33(40)23-39(31-12-8-7-9-25(31)3)44(42,43)30-19-17-29(36)18-20-30/h4-20,24,32H,21-23H2,1-3H3,(H,37,41)/t32-/m0/s1. The van der Waals surface area contributed by atoms with Gasteiger partial charge in [-0.15, -0.1) is 0 Å². The molecule has 0 aliphatic heterocycles. The normalized spacial score (nSPS) is 12.0. The van der Waals surface area contributed by atoms with E-state index in [1.165, 1.54) is 29.2 Å². The van der Waals surface area contributed by atoms with E-state index in [2.05, 4.69) is 5.32 Å². The van der Waals surface area contributed by atoms with Gasteiger partial charge in [-0.3, -0.25) is 13.9 Å². The van der Waals surface area contributed by atoms with Gasteiger partial charge in [0.05, 0.1) is 10.6 Å². The molecule has 7 nitrogen and oxygen atoms in total. The Morgan fingerprint density at radius 2 is 1.34 bits per heavy atom. The number of halogens is 2. The molecule has 0 heterocycles. The molecule has 0 aliphatic rings. The molecule has 0 aliphatic carbocycles. The van der Waals surface area contributed by atoms with Gasteiger partial charge in [-0.2, -0.15) is 0 Å². The molecule has 0 fully saturated rings. The molecular weight excluding hydrogens is 617 g/mol. The van der Waals surface area contributed by atoms with Crippen LogP contribution >= 0.6 is 23.2 Å². The van der Waals surface area contributed by atoms with E-state index in [-0.39, 0.29) is 29.8 Å². The molecule has 0 saturated heterocycles. The maximum Gasteiger partial charge on any atom is 0.264 e. The number of rotatable bonds is 12. The van der Waals surface area contributed by atoms with Gasteiger partial charge in [0, 0.05) is 29.1 Å². The van der Waals surface area contributed by atoms with Crippen LogP contribution in [0.4, 0.5) is 5.69 Å². The van der Waals surface area contributed by atoms with E-state index in [9.17, 15) is 18.0 Å². The summed E-state index contributed by atoms with van der Waals surface area (Å²) in [5, 5.41) is 3.87. The van der Waals surface area contributed by atoms with Gasteiger partial charge in [0.1, 0.15) is 12.6 Å². The summed E-state index contributed by atoms with van der Waals surface area (Å²) in [6, 6.07) is 28.1. The van der Waals surface area contributed by atoms with Crippen molar-refractivity contribution < 1.29 is 18.0 Å². The first-order chi connectivity index (χ1) is 21.0. The second-order valence-electron chi connectivity index (χ2n) is 10.8. The Kier molecular flexibility index (Phi) is 11.1. The van der Waals surface area contributed by atoms with Gasteiger partial charge >= 0.3 is 0 Å². The van der Waals surface area contributed by atoms with Crippen molar-refractivity contribution in [2.45, 2.75) is 50.7 Å². The van der Waals surface area contributed by atoms with Crippen LogP contribution in [0.1, 0.15) is 30.5 Å². The van der Waals surface area contributed by atoms with Crippen molar-refractivity contribution in [1.29, 1.82) is 0 Å². The quantitative estimate of drug-likeness (QED) is 0.186. The molecule has 0 radical (unpaired) electrons. The molecule has 2 amide bonds. The van der Waals surface area contributed by atoms with E-state index in [0.29, 0.717) is 21.3 Å². The van der Waals surface area contributed by atoms with Crippen LogP contribution in [0.5, 0.6) is 0 Å². The number of hydrogen-bond acceptors (Lipinski definition) is 4. The average Bonchev–Trinajstić information content (AvgIpc) is 2.99. The minimum absolute atomic E-state index is 0.0133. The summed E-state index contributed by atoms with van der Waals surface area (Å²) in [7, 11) is -4.22. The topological polar surface area (TPSA) is 86.8 Å². The molecule has 4 aromatic rings. The molecule has 0 spiro atoms. The van der Waals surface area contributed by atoms with Crippen molar-refractivity contribution in [3.05, 3.63) is 130 Å². The van der Waals surface area contributed by atoms with Crippen molar-refractivity contribution in [3.8, 4) is 0 Å². The summed E-state index contributed by atoms with van der Waals surface area (Å²) in [6.45, 7) is 5.00. The summed E-state index contributed by atoms with van der Waals surface area (Å²) in [5.41, 5.74) is 2.62. The van der Waals surface area contributed by atoms with Gasteiger partial charge < -0.3 is 10.2 Å². The van der Waals surface area contributed by atoms with Gasteiger partial charge in [-0.1, -0.05) is 83.9 Å². The van der Waals surface area contributed by atoms with Crippen LogP contribution in [0.15, 0.2) is 108 Å². The Balaban J connectivity index is 1.81. The number of amides is 2. The van der Waals surface area contributed by atoms with Crippen molar-refractivity contribution in [2.75, 3.05) is 10.8 Å². The van der Waals surface area contributed by atoms with E-state index < -0.39 is 28.5 Å². The van der Waals surface area contributed by atoms with E-state index in [4.69, 9.17) is 23.2 Å². The van der Waals surface area contributed by atoms with Crippen molar-refractivity contribution >= 4 is 50.7 Å². The summed E-state index contributed by atoms with van der Waals surface area (Å²) >= 11 is 12.2. The first-order valence-electron chi connectivity index (χ1n) is 14.2. The fourth-order valence-corrected chi connectivity index (χ4v) is 6.54. The number of anilines is 1. The number of nitrogens with one attached hydrogen (secondary N) is 1. The van der Waals surface area contributed by atoms with Crippen molar-refractivity contribution in [1.82, 2.24) is 10.2 Å². The number of aryl methyl sites for hydroxylation is 1. The fourth-order valence-electron chi connectivity index (χ4n) is 4.81. The monoisotopic (exact) mass is 651 g/mol. The predicted molar refractivity (Wildman–Crippen MR) is 176 cm³/mol. The SMILES string of the molecule is Cc1ccccc1N(CC(=O)N(Cc1ccc(Cl)cc1)[C@@H](Cc1ccccc1)C(=O)NC(C)C)S(=O)(=O)c1ccc(Cl)cc1. The molecule has 0 unspecified atom stereocenters. The third-order valence-corrected chi connectivity index (χ3v) is 9.31. The average molecular weight is 653 g/mol. The molecule has 230 valence electrons. The Morgan fingerprint density at radius 3 is 1.93 bits per heavy atom. The van der Waals surface area contributed by atoms with Crippen LogP contribution in [-0.2, 0) is 32.6 Å². The van der Waals surface area contributed by atoms with Gasteiger partial charge in [0.2, 0.25) is 11.8 Å². The summed E-state index contributed by atoms with van der Waals surface area (Å²) in [4.78, 5) is 29.6. The number of sulfonamides is 1. The molecular formula is C34H35Cl2N3O4S. The highest BCUT2D eigenvalue weighted by Crippen LogP contribution is 2.28. The van der Waals surface area contributed by atoms with Crippen molar-refractivity contribution in [3.63, 3.8) is 0 Å². The molecule has 1 atom stereocenters. The van der Waals surface area contributed by atoms with Crippen molar-refractivity contribution in [2.24, 2.45) is 0 Å². The zero-order valence-electron chi connectivity index (χ0n) is 24.8. The summed E-state index contributed by atoms with van der Waals surface area (Å²) < 4.78 is 29.3. The largest absolute Gasteiger partial charge is 0.352 e. The first-order valence-corrected chi connectivity index (χ1v) is 16.4. The van der Waals surface area contributed by atoms with Gasteiger partial charge in [0.25, 0.3) is 10.0 Å². The Bertz CT molecular complexity index is 1680. The van der Waals surface area contributed by atoms with Crippen LogP contribution in [0, 0.1) is 6.92 Å². The highest BCUT2D eigenvalue weighted by molar-refractivity contribution is 7.92. The van der Waals surface area contributed by atoms with E-state index in [0.717, 1.165) is 15.4 Å². The highest BCUT2D eigenvalue weighted by Gasteiger charge is 2.35. The summed E-state index contributed by atoms with van der Waals surface area (Å²) in [6.07, 6.45) is 0.229. The molecule has 10 heteroatoms. The smallest absolute Gasteiger partial charge is 0.264 e. The molecule has 4 rings (SSSR count). The fraction of sp³-hybridized carbons (Fsp3) is 0.235. The van der Waals surface area contributed by atoms with Crippen LogP contribution in [-0.4, -0.2) is 43.8 Å². The van der Waals surface area contributed by atoms with Crippen LogP contribution in [0.3, 0.4) is 0 Å².